The molecular formula is C10H8F3NOS. The van der Waals surface area contributed by atoms with Crippen LogP contribution in [0.5, 0.6) is 0 Å². The van der Waals surface area contributed by atoms with Gasteiger partial charge < -0.3 is 0 Å². The maximum Gasteiger partial charge on any atom is 0.416 e. The predicted octanol–water partition coefficient (Wildman–Crippen LogP) is 2.73. The molecule has 2 nitrogen and oxygen atoms in total. The quantitative estimate of drug-likeness (QED) is 0.806. The molecule has 0 saturated heterocycles. The van der Waals surface area contributed by atoms with Gasteiger partial charge in [-0.15, -0.1) is 0 Å². The van der Waals surface area contributed by atoms with Crippen molar-refractivity contribution in [3.63, 3.8) is 0 Å². The van der Waals surface area contributed by atoms with Gasteiger partial charge in [0.2, 0.25) is 0 Å². The maximum atomic E-state index is 12.4. The summed E-state index contributed by atoms with van der Waals surface area (Å²) in [5.74, 6) is 0. The molecule has 1 aromatic rings. The van der Waals surface area contributed by atoms with Crippen molar-refractivity contribution in [2.75, 3.05) is 0 Å². The van der Waals surface area contributed by atoms with Gasteiger partial charge in [0.1, 0.15) is 5.25 Å². The molecule has 0 spiro atoms. The number of nitriles is 1. The number of halogens is 3. The van der Waals surface area contributed by atoms with Gasteiger partial charge >= 0.3 is 6.18 Å². The van der Waals surface area contributed by atoms with Crippen molar-refractivity contribution >= 4 is 10.8 Å². The summed E-state index contributed by atoms with van der Waals surface area (Å²) in [5.41, 5.74) is -0.858. The fourth-order valence-corrected chi connectivity index (χ4v) is 2.01. The van der Waals surface area contributed by atoms with Crippen molar-refractivity contribution in [3.05, 3.63) is 29.8 Å². The van der Waals surface area contributed by atoms with E-state index in [1.807, 2.05) is 0 Å². The number of hydrogen-bond acceptors (Lipinski definition) is 2. The Labute approximate surface area is 93.2 Å². The van der Waals surface area contributed by atoms with Gasteiger partial charge in [0.25, 0.3) is 0 Å². The van der Waals surface area contributed by atoms with Gasteiger partial charge in [0, 0.05) is 4.90 Å². The monoisotopic (exact) mass is 247 g/mol. The highest BCUT2D eigenvalue weighted by Gasteiger charge is 2.31. The first kappa shape index (κ1) is 12.7. The lowest BCUT2D eigenvalue weighted by Crippen LogP contribution is -2.10. The summed E-state index contributed by atoms with van der Waals surface area (Å²) in [6, 6.07) is 5.95. The smallest absolute Gasteiger partial charge is 0.253 e. The molecule has 1 aromatic carbocycles. The van der Waals surface area contributed by atoms with Gasteiger partial charge in [-0.1, -0.05) is 6.07 Å². The molecule has 0 aliphatic heterocycles. The highest BCUT2D eigenvalue weighted by molar-refractivity contribution is 7.86. The highest BCUT2D eigenvalue weighted by atomic mass is 32.2. The third-order valence-electron chi connectivity index (χ3n) is 1.90. The summed E-state index contributed by atoms with van der Waals surface area (Å²) in [6.07, 6.45) is -4.46. The zero-order valence-corrected chi connectivity index (χ0v) is 9.10. The fourth-order valence-electron chi connectivity index (χ4n) is 1.05. The van der Waals surface area contributed by atoms with Gasteiger partial charge in [-0.3, -0.25) is 4.21 Å². The topological polar surface area (TPSA) is 40.9 Å². The van der Waals surface area contributed by atoms with E-state index in [-0.39, 0.29) is 4.90 Å². The zero-order valence-electron chi connectivity index (χ0n) is 8.28. The van der Waals surface area contributed by atoms with E-state index in [0.29, 0.717) is 0 Å². The summed E-state index contributed by atoms with van der Waals surface area (Å²) < 4.78 is 48.6. The summed E-state index contributed by atoms with van der Waals surface area (Å²) in [7, 11) is -1.73. The first-order chi connectivity index (χ1) is 7.36. The van der Waals surface area contributed by atoms with E-state index in [4.69, 9.17) is 5.26 Å². The lowest BCUT2D eigenvalue weighted by atomic mass is 10.2. The van der Waals surface area contributed by atoms with Crippen LogP contribution in [0.15, 0.2) is 29.2 Å². The van der Waals surface area contributed by atoms with E-state index in [1.54, 1.807) is 6.07 Å². The molecule has 0 aliphatic carbocycles. The van der Waals surface area contributed by atoms with Crippen LogP contribution in [0.4, 0.5) is 13.2 Å². The molecule has 0 aromatic heterocycles. The average Bonchev–Trinajstić information content (AvgIpc) is 2.26. The van der Waals surface area contributed by atoms with Crippen LogP contribution < -0.4 is 0 Å². The second-order valence-corrected chi connectivity index (χ2v) is 4.87. The normalized spacial score (nSPS) is 15.2. The van der Waals surface area contributed by atoms with Crippen molar-refractivity contribution in [2.24, 2.45) is 0 Å². The van der Waals surface area contributed by atoms with Gasteiger partial charge in [-0.25, -0.2) is 0 Å². The van der Waals surface area contributed by atoms with Crippen LogP contribution in [0.25, 0.3) is 0 Å². The number of benzene rings is 1. The van der Waals surface area contributed by atoms with E-state index in [0.717, 1.165) is 12.1 Å². The molecule has 0 N–H and O–H groups in total. The molecule has 0 fully saturated rings. The van der Waals surface area contributed by atoms with E-state index in [1.165, 1.54) is 19.1 Å². The lowest BCUT2D eigenvalue weighted by molar-refractivity contribution is -0.137. The Balaban J connectivity index is 3.10. The van der Waals surface area contributed by atoms with Crippen LogP contribution in [0.2, 0.25) is 0 Å². The van der Waals surface area contributed by atoms with Gasteiger partial charge in [-0.05, 0) is 25.1 Å². The van der Waals surface area contributed by atoms with Crippen LogP contribution in [0, 0.1) is 11.3 Å². The molecule has 2 unspecified atom stereocenters. The van der Waals surface area contributed by atoms with Crippen LogP contribution in [-0.2, 0) is 17.0 Å². The number of nitrogens with zero attached hydrogens (tertiary/aromatic N) is 1. The van der Waals surface area contributed by atoms with E-state index >= 15 is 0 Å². The Kier molecular flexibility index (Phi) is 3.70. The predicted molar refractivity (Wildman–Crippen MR) is 52.9 cm³/mol. The van der Waals surface area contributed by atoms with Crippen molar-refractivity contribution in [3.8, 4) is 6.07 Å². The van der Waals surface area contributed by atoms with E-state index in [2.05, 4.69) is 0 Å². The second-order valence-electron chi connectivity index (χ2n) is 3.09. The van der Waals surface area contributed by atoms with Gasteiger partial charge in [0.05, 0.1) is 22.4 Å². The number of rotatable bonds is 2. The minimum atomic E-state index is -4.46. The van der Waals surface area contributed by atoms with Crippen molar-refractivity contribution in [1.82, 2.24) is 0 Å². The number of hydrogen-bond donors (Lipinski definition) is 0. The van der Waals surface area contributed by atoms with Crippen LogP contribution in [0.3, 0.4) is 0 Å². The molecule has 86 valence electrons. The standard InChI is InChI=1S/C10H8F3NOS/c1-7(6-14)16(15)9-4-2-3-8(5-9)10(11,12)13/h2-5,7H,1H3. The van der Waals surface area contributed by atoms with E-state index < -0.39 is 27.8 Å². The second kappa shape index (κ2) is 4.66. The molecule has 0 aliphatic rings. The molecule has 0 amide bonds. The summed E-state index contributed by atoms with van der Waals surface area (Å²) in [5, 5.41) is 7.70. The summed E-state index contributed by atoms with van der Waals surface area (Å²) >= 11 is 0. The molecule has 0 radical (unpaired) electrons. The first-order valence-electron chi connectivity index (χ1n) is 4.33. The summed E-state index contributed by atoms with van der Waals surface area (Å²) in [6.45, 7) is 1.40. The zero-order chi connectivity index (χ0) is 12.3. The van der Waals surface area contributed by atoms with Crippen molar-refractivity contribution in [2.45, 2.75) is 23.2 Å². The first-order valence-corrected chi connectivity index (χ1v) is 5.55. The Morgan fingerprint density at radius 1 is 1.44 bits per heavy atom. The van der Waals surface area contributed by atoms with Crippen LogP contribution in [0.1, 0.15) is 12.5 Å². The highest BCUT2D eigenvalue weighted by Crippen LogP contribution is 2.30. The molecule has 0 bridgehead atoms. The van der Waals surface area contributed by atoms with Crippen molar-refractivity contribution < 1.29 is 17.4 Å². The van der Waals surface area contributed by atoms with Crippen molar-refractivity contribution in [1.29, 1.82) is 5.26 Å². The SMILES string of the molecule is CC(C#N)S(=O)c1cccc(C(F)(F)F)c1. The van der Waals surface area contributed by atoms with E-state index in [9.17, 15) is 17.4 Å². The van der Waals surface area contributed by atoms with Crippen LogP contribution >= 0.6 is 0 Å². The molecule has 0 saturated carbocycles. The van der Waals surface area contributed by atoms with Gasteiger partial charge in [0.15, 0.2) is 0 Å². The molecule has 0 heterocycles. The Morgan fingerprint density at radius 3 is 2.56 bits per heavy atom. The Hall–Kier alpha value is -1.35. The molecular weight excluding hydrogens is 239 g/mol. The molecule has 2 atom stereocenters. The number of alkyl halides is 3. The minimum absolute atomic E-state index is 0.0175. The molecule has 16 heavy (non-hydrogen) atoms. The Morgan fingerprint density at radius 2 is 2.06 bits per heavy atom. The molecule has 6 heteroatoms. The third-order valence-corrected chi connectivity index (χ3v) is 3.36. The summed E-state index contributed by atoms with van der Waals surface area (Å²) in [4.78, 5) is 0.0175. The lowest BCUT2D eigenvalue weighted by Gasteiger charge is -2.09. The Bertz CT molecular complexity index is 450. The fraction of sp³-hybridized carbons (Fsp3) is 0.300. The largest absolute Gasteiger partial charge is 0.416 e. The maximum absolute atomic E-state index is 12.4. The van der Waals surface area contributed by atoms with Gasteiger partial charge in [-0.2, -0.15) is 18.4 Å². The molecule has 1 rings (SSSR count). The minimum Gasteiger partial charge on any atom is -0.253 e. The average molecular weight is 247 g/mol. The van der Waals surface area contributed by atoms with Crippen LogP contribution in [-0.4, -0.2) is 9.46 Å². The third kappa shape index (κ3) is 2.83.